The second-order valence-electron chi connectivity index (χ2n) is 6.08. The number of aromatic nitrogens is 3. The van der Waals surface area contributed by atoms with Crippen LogP contribution in [0.25, 0.3) is 5.69 Å². The molecule has 2 atom stereocenters. The second kappa shape index (κ2) is 6.18. The number of para-hydroxylation sites is 1. The van der Waals surface area contributed by atoms with Gasteiger partial charge in [0.05, 0.1) is 11.4 Å². The molecule has 1 fully saturated rings. The van der Waals surface area contributed by atoms with E-state index < -0.39 is 5.60 Å². The summed E-state index contributed by atoms with van der Waals surface area (Å²) in [4.78, 5) is 1.63. The summed E-state index contributed by atoms with van der Waals surface area (Å²) >= 11 is 0. The second-order valence-corrected chi connectivity index (χ2v) is 6.08. The van der Waals surface area contributed by atoms with E-state index in [9.17, 15) is 5.11 Å². The molecule has 0 amide bonds. The van der Waals surface area contributed by atoms with Gasteiger partial charge in [-0.3, -0.25) is 0 Å². The van der Waals surface area contributed by atoms with Crippen molar-refractivity contribution in [2.75, 3.05) is 13.1 Å². The lowest BCUT2D eigenvalue weighted by Crippen LogP contribution is -2.44. The molecule has 1 aliphatic heterocycles. The summed E-state index contributed by atoms with van der Waals surface area (Å²) in [5, 5.41) is 23.8. The Hall–Kier alpha value is -1.72. The van der Waals surface area contributed by atoms with Crippen LogP contribution in [0.5, 0.6) is 0 Å². The standard InChI is InChI=1S/C17H24N4O/c1-3-17(22,14-8-7-11-18-12-14)16-13(2)19-21(20-16)15-9-5-4-6-10-15/h4-6,9-10,14,18,22H,3,7-8,11-12H2,1-2H3. The molecule has 0 spiro atoms. The Bertz CT molecular complexity index is 619. The van der Waals surface area contributed by atoms with Crippen LogP contribution in [0.15, 0.2) is 30.3 Å². The molecule has 0 saturated carbocycles. The van der Waals surface area contributed by atoms with Gasteiger partial charge in [0.25, 0.3) is 0 Å². The summed E-state index contributed by atoms with van der Waals surface area (Å²) < 4.78 is 0. The van der Waals surface area contributed by atoms with Gasteiger partial charge in [-0.05, 0) is 44.9 Å². The molecule has 3 rings (SSSR count). The highest BCUT2D eigenvalue weighted by Gasteiger charge is 2.41. The highest BCUT2D eigenvalue weighted by atomic mass is 16.3. The Morgan fingerprint density at radius 3 is 2.73 bits per heavy atom. The summed E-state index contributed by atoms with van der Waals surface area (Å²) in [5.74, 6) is 0.186. The summed E-state index contributed by atoms with van der Waals surface area (Å²) in [5.41, 5.74) is 1.52. The minimum absolute atomic E-state index is 0.186. The fraction of sp³-hybridized carbons (Fsp3) is 0.529. The summed E-state index contributed by atoms with van der Waals surface area (Å²) in [6.07, 6.45) is 2.77. The Labute approximate surface area is 131 Å². The molecule has 1 aromatic heterocycles. The smallest absolute Gasteiger partial charge is 0.118 e. The maximum atomic E-state index is 11.3. The van der Waals surface area contributed by atoms with Gasteiger partial charge in [-0.2, -0.15) is 9.90 Å². The van der Waals surface area contributed by atoms with E-state index in [2.05, 4.69) is 15.5 Å². The zero-order valence-corrected chi connectivity index (χ0v) is 13.3. The molecule has 1 saturated heterocycles. The van der Waals surface area contributed by atoms with Crippen LogP contribution in [0.1, 0.15) is 37.6 Å². The van der Waals surface area contributed by atoms with Gasteiger partial charge in [0.2, 0.25) is 0 Å². The normalized spacial score (nSPS) is 21.5. The van der Waals surface area contributed by atoms with Crippen LogP contribution >= 0.6 is 0 Å². The Morgan fingerprint density at radius 1 is 1.32 bits per heavy atom. The number of aliphatic hydroxyl groups is 1. The molecule has 0 radical (unpaired) electrons. The zero-order chi connectivity index (χ0) is 15.6. The molecule has 0 aliphatic carbocycles. The summed E-state index contributed by atoms with van der Waals surface area (Å²) in [6, 6.07) is 9.83. The lowest BCUT2D eigenvalue weighted by atomic mass is 9.77. The van der Waals surface area contributed by atoms with Gasteiger partial charge < -0.3 is 10.4 Å². The first-order chi connectivity index (χ1) is 10.6. The number of nitrogens with one attached hydrogen (secondary N) is 1. The summed E-state index contributed by atoms with van der Waals surface area (Å²) in [7, 11) is 0. The third kappa shape index (κ3) is 2.66. The van der Waals surface area contributed by atoms with Crippen molar-refractivity contribution in [3.05, 3.63) is 41.7 Å². The zero-order valence-electron chi connectivity index (χ0n) is 13.3. The number of rotatable bonds is 4. The molecule has 118 valence electrons. The average molecular weight is 300 g/mol. The van der Waals surface area contributed by atoms with E-state index in [0.717, 1.165) is 37.3 Å². The maximum Gasteiger partial charge on any atom is 0.118 e. The van der Waals surface area contributed by atoms with Crippen molar-refractivity contribution in [3.8, 4) is 5.69 Å². The number of nitrogens with zero attached hydrogens (tertiary/aromatic N) is 3. The minimum Gasteiger partial charge on any atom is -0.383 e. The predicted octanol–water partition coefficient (Wildman–Crippen LogP) is 2.17. The van der Waals surface area contributed by atoms with Gasteiger partial charge in [-0.15, -0.1) is 5.10 Å². The maximum absolute atomic E-state index is 11.3. The highest BCUT2D eigenvalue weighted by Crippen LogP contribution is 2.37. The van der Waals surface area contributed by atoms with Gasteiger partial charge in [0.1, 0.15) is 11.3 Å². The Balaban J connectivity index is 1.97. The first-order valence-electron chi connectivity index (χ1n) is 8.08. The van der Waals surface area contributed by atoms with E-state index in [0.29, 0.717) is 12.1 Å². The Morgan fingerprint density at radius 2 is 2.09 bits per heavy atom. The van der Waals surface area contributed by atoms with E-state index >= 15 is 0 Å². The quantitative estimate of drug-likeness (QED) is 0.908. The van der Waals surface area contributed by atoms with Crippen LogP contribution in [0.3, 0.4) is 0 Å². The van der Waals surface area contributed by atoms with Crippen LogP contribution < -0.4 is 5.32 Å². The van der Waals surface area contributed by atoms with Crippen molar-refractivity contribution in [1.82, 2.24) is 20.3 Å². The van der Waals surface area contributed by atoms with Gasteiger partial charge in [0.15, 0.2) is 0 Å². The number of piperidine rings is 1. The van der Waals surface area contributed by atoms with Crippen LogP contribution in [-0.4, -0.2) is 33.2 Å². The molecule has 2 heterocycles. The Kier molecular flexibility index (Phi) is 4.27. The van der Waals surface area contributed by atoms with Crippen LogP contribution in [-0.2, 0) is 5.60 Å². The molecular formula is C17H24N4O. The monoisotopic (exact) mass is 300 g/mol. The summed E-state index contributed by atoms with van der Waals surface area (Å²) in [6.45, 7) is 5.82. The molecule has 2 unspecified atom stereocenters. The number of benzene rings is 1. The van der Waals surface area contributed by atoms with E-state index in [1.807, 2.05) is 44.2 Å². The third-order valence-electron chi connectivity index (χ3n) is 4.69. The molecule has 22 heavy (non-hydrogen) atoms. The molecule has 1 aliphatic rings. The van der Waals surface area contributed by atoms with Gasteiger partial charge in [-0.1, -0.05) is 25.1 Å². The van der Waals surface area contributed by atoms with Gasteiger partial charge in [0, 0.05) is 12.5 Å². The SMILES string of the molecule is CCC(O)(c1nn(-c2ccccc2)nc1C)C1CCCNC1. The number of aryl methyl sites for hydroxylation is 1. The van der Waals surface area contributed by atoms with Crippen molar-refractivity contribution in [1.29, 1.82) is 0 Å². The first kappa shape index (κ1) is 15.2. The topological polar surface area (TPSA) is 63.0 Å². The van der Waals surface area contributed by atoms with E-state index in [4.69, 9.17) is 0 Å². The number of hydrogen-bond donors (Lipinski definition) is 2. The highest BCUT2D eigenvalue weighted by molar-refractivity contribution is 5.30. The molecule has 2 aromatic rings. The first-order valence-corrected chi connectivity index (χ1v) is 8.08. The lowest BCUT2D eigenvalue weighted by Gasteiger charge is -2.37. The van der Waals surface area contributed by atoms with Crippen molar-refractivity contribution in [3.63, 3.8) is 0 Å². The lowest BCUT2D eigenvalue weighted by molar-refractivity contribution is -0.0411. The van der Waals surface area contributed by atoms with Crippen molar-refractivity contribution < 1.29 is 5.11 Å². The fourth-order valence-electron chi connectivity index (χ4n) is 3.36. The van der Waals surface area contributed by atoms with Crippen molar-refractivity contribution in [2.24, 2.45) is 5.92 Å². The largest absolute Gasteiger partial charge is 0.383 e. The average Bonchev–Trinajstić information content (AvgIpc) is 2.98. The van der Waals surface area contributed by atoms with E-state index in [1.165, 1.54) is 0 Å². The van der Waals surface area contributed by atoms with E-state index in [-0.39, 0.29) is 5.92 Å². The van der Waals surface area contributed by atoms with Crippen LogP contribution in [0.4, 0.5) is 0 Å². The minimum atomic E-state index is -0.912. The van der Waals surface area contributed by atoms with Crippen molar-refractivity contribution in [2.45, 2.75) is 38.7 Å². The molecule has 0 bridgehead atoms. The van der Waals surface area contributed by atoms with Crippen molar-refractivity contribution >= 4 is 0 Å². The van der Waals surface area contributed by atoms with Gasteiger partial charge in [-0.25, -0.2) is 0 Å². The van der Waals surface area contributed by atoms with Gasteiger partial charge >= 0.3 is 0 Å². The fourth-order valence-corrected chi connectivity index (χ4v) is 3.36. The molecule has 5 nitrogen and oxygen atoms in total. The van der Waals surface area contributed by atoms with Crippen LogP contribution in [0, 0.1) is 12.8 Å². The van der Waals surface area contributed by atoms with E-state index in [1.54, 1.807) is 4.80 Å². The number of hydrogen-bond acceptors (Lipinski definition) is 4. The predicted molar refractivity (Wildman–Crippen MR) is 85.9 cm³/mol. The molecule has 1 aromatic carbocycles. The molecule has 5 heteroatoms. The van der Waals surface area contributed by atoms with Crippen LogP contribution in [0.2, 0.25) is 0 Å². The molecular weight excluding hydrogens is 276 g/mol. The third-order valence-corrected chi connectivity index (χ3v) is 4.69. The molecule has 2 N–H and O–H groups in total.